The summed E-state index contributed by atoms with van der Waals surface area (Å²) in [4.78, 5) is 16.5. The maximum absolute atomic E-state index is 12.1. The molecule has 0 saturated heterocycles. The predicted molar refractivity (Wildman–Crippen MR) is 94.2 cm³/mol. The smallest absolute Gasteiger partial charge is 0.259 e. The summed E-state index contributed by atoms with van der Waals surface area (Å²) in [5, 5.41) is 14.3. The average Bonchev–Trinajstić information content (AvgIpc) is 3.34. The number of nitrogens with zero attached hydrogens (tertiary/aromatic N) is 3. The zero-order valence-electron chi connectivity index (χ0n) is 13.4. The van der Waals surface area contributed by atoms with Crippen molar-refractivity contribution < 1.29 is 4.79 Å². The van der Waals surface area contributed by atoms with Gasteiger partial charge in [0.2, 0.25) is 5.13 Å². The summed E-state index contributed by atoms with van der Waals surface area (Å²) in [7, 11) is 0. The molecule has 126 valence electrons. The van der Waals surface area contributed by atoms with E-state index in [9.17, 15) is 4.79 Å². The SMILES string of the molecule is O=C(Nc1nncs1)c1ccc(NC2CCCC(C3CC3)C2)nc1. The summed E-state index contributed by atoms with van der Waals surface area (Å²) in [6, 6.07) is 4.20. The number of nitrogens with one attached hydrogen (secondary N) is 2. The number of carbonyl (C=O) groups excluding carboxylic acids is 1. The lowest BCUT2D eigenvalue weighted by atomic mass is 9.83. The highest BCUT2D eigenvalue weighted by Crippen LogP contribution is 2.44. The van der Waals surface area contributed by atoms with E-state index in [0.29, 0.717) is 16.7 Å². The number of hydrogen-bond donors (Lipinski definition) is 2. The first kappa shape index (κ1) is 15.5. The second-order valence-corrected chi connectivity index (χ2v) is 7.57. The molecule has 0 aromatic carbocycles. The number of pyridine rings is 1. The van der Waals surface area contributed by atoms with Gasteiger partial charge < -0.3 is 5.32 Å². The number of anilines is 2. The summed E-state index contributed by atoms with van der Waals surface area (Å²) in [6.45, 7) is 0. The lowest BCUT2D eigenvalue weighted by Crippen LogP contribution is -2.28. The molecule has 1 amide bonds. The second-order valence-electron chi connectivity index (χ2n) is 6.74. The Bertz CT molecular complexity index is 684. The number of aromatic nitrogens is 3. The van der Waals surface area contributed by atoms with Crippen LogP contribution in [0.4, 0.5) is 10.9 Å². The Morgan fingerprint density at radius 2 is 2.08 bits per heavy atom. The van der Waals surface area contributed by atoms with E-state index in [1.54, 1.807) is 17.8 Å². The molecule has 2 unspecified atom stereocenters. The molecule has 0 aliphatic heterocycles. The molecule has 2 saturated carbocycles. The van der Waals surface area contributed by atoms with E-state index in [2.05, 4.69) is 25.8 Å². The van der Waals surface area contributed by atoms with Crippen molar-refractivity contribution in [2.24, 2.45) is 11.8 Å². The topological polar surface area (TPSA) is 79.8 Å². The Morgan fingerprint density at radius 1 is 1.17 bits per heavy atom. The van der Waals surface area contributed by atoms with E-state index in [4.69, 9.17) is 0 Å². The van der Waals surface area contributed by atoms with Crippen molar-refractivity contribution in [1.29, 1.82) is 0 Å². The molecule has 0 bridgehead atoms. The van der Waals surface area contributed by atoms with Crippen molar-refractivity contribution in [2.45, 2.75) is 44.6 Å². The summed E-state index contributed by atoms with van der Waals surface area (Å²) in [6.07, 6.45) is 9.63. The summed E-state index contributed by atoms with van der Waals surface area (Å²) in [5.41, 5.74) is 2.11. The molecule has 2 atom stereocenters. The molecule has 2 fully saturated rings. The van der Waals surface area contributed by atoms with Crippen LogP contribution in [-0.2, 0) is 0 Å². The highest BCUT2D eigenvalue weighted by molar-refractivity contribution is 7.13. The van der Waals surface area contributed by atoms with Gasteiger partial charge in [0.05, 0.1) is 5.56 Å². The molecule has 2 aliphatic carbocycles. The molecule has 2 aromatic rings. The number of hydrogen-bond acceptors (Lipinski definition) is 6. The van der Waals surface area contributed by atoms with Crippen molar-refractivity contribution in [3.8, 4) is 0 Å². The van der Waals surface area contributed by atoms with Crippen LogP contribution in [0.5, 0.6) is 0 Å². The van der Waals surface area contributed by atoms with Gasteiger partial charge in [0.25, 0.3) is 5.91 Å². The van der Waals surface area contributed by atoms with Crippen LogP contribution in [-0.4, -0.2) is 27.1 Å². The van der Waals surface area contributed by atoms with Crippen molar-refractivity contribution >= 4 is 28.2 Å². The van der Waals surface area contributed by atoms with Gasteiger partial charge in [0.15, 0.2) is 0 Å². The summed E-state index contributed by atoms with van der Waals surface area (Å²) >= 11 is 1.29. The summed E-state index contributed by atoms with van der Waals surface area (Å²) in [5.74, 6) is 2.52. The Hall–Kier alpha value is -2.02. The number of amides is 1. The first-order valence-corrected chi connectivity index (χ1v) is 9.46. The summed E-state index contributed by atoms with van der Waals surface area (Å²) < 4.78 is 0. The zero-order chi connectivity index (χ0) is 16.4. The van der Waals surface area contributed by atoms with E-state index in [0.717, 1.165) is 17.7 Å². The predicted octanol–water partition coefficient (Wildman–Crippen LogP) is 3.57. The van der Waals surface area contributed by atoms with Crippen LogP contribution in [0, 0.1) is 11.8 Å². The monoisotopic (exact) mass is 343 g/mol. The van der Waals surface area contributed by atoms with Gasteiger partial charge in [-0.15, -0.1) is 10.2 Å². The van der Waals surface area contributed by atoms with Crippen molar-refractivity contribution in [3.63, 3.8) is 0 Å². The Labute approximate surface area is 145 Å². The average molecular weight is 343 g/mol. The van der Waals surface area contributed by atoms with E-state index >= 15 is 0 Å². The number of rotatable bonds is 5. The van der Waals surface area contributed by atoms with E-state index in [-0.39, 0.29) is 5.91 Å². The Balaban J connectivity index is 1.34. The van der Waals surface area contributed by atoms with Gasteiger partial charge in [-0.05, 0) is 49.7 Å². The third-order valence-corrected chi connectivity index (χ3v) is 5.57. The normalized spacial score (nSPS) is 23.7. The third kappa shape index (κ3) is 3.72. The first-order valence-electron chi connectivity index (χ1n) is 8.58. The molecule has 2 heterocycles. The van der Waals surface area contributed by atoms with Crippen LogP contribution >= 0.6 is 11.3 Å². The molecular formula is C17H21N5OS. The molecule has 2 aliphatic rings. The first-order chi connectivity index (χ1) is 11.8. The van der Waals surface area contributed by atoms with Crippen LogP contribution in [0.2, 0.25) is 0 Å². The molecule has 2 aromatic heterocycles. The molecular weight excluding hydrogens is 322 g/mol. The maximum atomic E-state index is 12.1. The number of carbonyl (C=O) groups is 1. The quantitative estimate of drug-likeness (QED) is 0.867. The van der Waals surface area contributed by atoms with Crippen molar-refractivity contribution in [2.75, 3.05) is 10.6 Å². The van der Waals surface area contributed by atoms with Crippen molar-refractivity contribution in [3.05, 3.63) is 29.4 Å². The standard InChI is InChI=1S/C17H21N5OS/c23-16(21-17-22-19-10-24-17)13-6-7-15(18-9-13)20-14-3-1-2-12(8-14)11-4-5-11/h6-7,9-12,14H,1-5,8H2,(H,18,20)(H,21,22,23). The van der Waals surface area contributed by atoms with Crippen molar-refractivity contribution in [1.82, 2.24) is 15.2 Å². The second kappa shape index (κ2) is 6.84. The van der Waals surface area contributed by atoms with Gasteiger partial charge in [0, 0.05) is 12.2 Å². The van der Waals surface area contributed by atoms with Gasteiger partial charge in [-0.2, -0.15) is 0 Å². The highest BCUT2D eigenvalue weighted by atomic mass is 32.1. The van der Waals surface area contributed by atoms with Crippen LogP contribution < -0.4 is 10.6 Å². The fourth-order valence-corrected chi connectivity index (χ4v) is 4.01. The van der Waals surface area contributed by atoms with E-state index in [1.807, 2.05) is 6.07 Å². The Kier molecular flexibility index (Phi) is 4.42. The van der Waals surface area contributed by atoms with Crippen LogP contribution in [0.25, 0.3) is 0 Å². The lowest BCUT2D eigenvalue weighted by Gasteiger charge is -2.30. The minimum absolute atomic E-state index is 0.211. The van der Waals surface area contributed by atoms with Gasteiger partial charge in [0.1, 0.15) is 11.3 Å². The van der Waals surface area contributed by atoms with E-state index < -0.39 is 0 Å². The molecule has 0 radical (unpaired) electrons. The fraction of sp³-hybridized carbons (Fsp3) is 0.529. The molecule has 24 heavy (non-hydrogen) atoms. The molecule has 7 heteroatoms. The molecule has 0 spiro atoms. The minimum atomic E-state index is -0.211. The maximum Gasteiger partial charge on any atom is 0.259 e. The van der Waals surface area contributed by atoms with Crippen LogP contribution in [0.15, 0.2) is 23.8 Å². The highest BCUT2D eigenvalue weighted by Gasteiger charge is 2.34. The van der Waals surface area contributed by atoms with Crippen LogP contribution in [0.3, 0.4) is 0 Å². The van der Waals surface area contributed by atoms with Gasteiger partial charge >= 0.3 is 0 Å². The largest absolute Gasteiger partial charge is 0.367 e. The van der Waals surface area contributed by atoms with Gasteiger partial charge in [-0.25, -0.2) is 4.98 Å². The van der Waals surface area contributed by atoms with Gasteiger partial charge in [-0.1, -0.05) is 24.2 Å². The zero-order valence-corrected chi connectivity index (χ0v) is 14.3. The van der Waals surface area contributed by atoms with E-state index in [1.165, 1.54) is 49.9 Å². The molecule has 4 rings (SSSR count). The Morgan fingerprint density at radius 3 is 2.79 bits per heavy atom. The molecule has 2 N–H and O–H groups in total. The third-order valence-electron chi connectivity index (χ3n) is 4.96. The fourth-order valence-electron chi connectivity index (χ4n) is 3.57. The molecule has 6 nitrogen and oxygen atoms in total. The van der Waals surface area contributed by atoms with Gasteiger partial charge in [-0.3, -0.25) is 10.1 Å². The minimum Gasteiger partial charge on any atom is -0.367 e. The van der Waals surface area contributed by atoms with Crippen LogP contribution in [0.1, 0.15) is 48.9 Å². The lowest BCUT2D eigenvalue weighted by molar-refractivity contribution is 0.102.